The van der Waals surface area contributed by atoms with Crippen LogP contribution in [0.5, 0.6) is 5.75 Å². The second-order valence-corrected chi connectivity index (χ2v) is 14.0. The number of carbonyl (C=O) groups excluding carboxylic acids is 1. The second kappa shape index (κ2) is 5.43. The minimum atomic E-state index is -1.60. The van der Waals surface area contributed by atoms with Gasteiger partial charge in [-0.3, -0.25) is 4.79 Å². The van der Waals surface area contributed by atoms with Crippen LogP contribution in [0.3, 0.4) is 0 Å². The fraction of sp³-hybridized carbons (Fsp3) is 0.667. The molecular formula is C21H30O3Si. The summed E-state index contributed by atoms with van der Waals surface area (Å²) in [5.41, 5.74) is 1.44. The van der Waals surface area contributed by atoms with E-state index in [-0.39, 0.29) is 11.7 Å². The maximum atomic E-state index is 12.5. The summed E-state index contributed by atoms with van der Waals surface area (Å²) in [6, 6.07) is 6.56. The number of aliphatic hydroxyl groups is 1. The first-order valence-corrected chi connectivity index (χ1v) is 13.1. The number of rotatable bonds is 2. The minimum Gasteiger partial charge on any atom is -0.544 e. The molecule has 1 aromatic rings. The van der Waals surface area contributed by atoms with Crippen molar-refractivity contribution < 1.29 is 14.3 Å². The van der Waals surface area contributed by atoms with E-state index in [1.54, 1.807) is 0 Å². The number of aryl methyl sites for hydroxylation is 1. The van der Waals surface area contributed by atoms with Gasteiger partial charge in [-0.1, -0.05) is 6.07 Å². The van der Waals surface area contributed by atoms with Gasteiger partial charge in [-0.15, -0.1) is 0 Å². The summed E-state index contributed by atoms with van der Waals surface area (Å²) in [5.74, 6) is 1.87. The van der Waals surface area contributed by atoms with Gasteiger partial charge in [-0.25, -0.2) is 0 Å². The molecule has 4 rings (SSSR count). The summed E-state index contributed by atoms with van der Waals surface area (Å²) >= 11 is 0. The lowest BCUT2D eigenvalue weighted by Crippen LogP contribution is -2.56. The van der Waals surface area contributed by atoms with Crippen molar-refractivity contribution >= 4 is 14.1 Å². The van der Waals surface area contributed by atoms with Crippen molar-refractivity contribution in [3.05, 3.63) is 29.3 Å². The number of ketones is 1. The summed E-state index contributed by atoms with van der Waals surface area (Å²) in [6.45, 7) is 8.63. The van der Waals surface area contributed by atoms with Crippen LogP contribution in [0.25, 0.3) is 0 Å². The molecule has 0 heterocycles. The summed E-state index contributed by atoms with van der Waals surface area (Å²) in [7, 11) is -1.60. The molecule has 0 amide bonds. The third-order valence-corrected chi connectivity index (χ3v) is 7.87. The highest BCUT2D eigenvalue weighted by molar-refractivity contribution is 6.70. The van der Waals surface area contributed by atoms with E-state index in [0.29, 0.717) is 18.8 Å². The van der Waals surface area contributed by atoms with E-state index in [1.807, 2.05) is 6.92 Å². The standard InChI is InChI=1S/C21H30O3Si/c1-20-11-9-17-16-7-6-15(24-25(2,3)4)13-14(16)5-8-18(17)21(20,23)12-10-19(20)22/h6-7,13,17-18,23H,5,8-12H2,1-4H3. The Kier molecular flexibility index (Phi) is 3.76. The van der Waals surface area contributed by atoms with Gasteiger partial charge in [0.05, 0.1) is 11.0 Å². The van der Waals surface area contributed by atoms with Gasteiger partial charge >= 0.3 is 0 Å². The fourth-order valence-electron chi connectivity index (χ4n) is 5.73. The van der Waals surface area contributed by atoms with Crippen molar-refractivity contribution in [3.63, 3.8) is 0 Å². The number of hydrogen-bond donors (Lipinski definition) is 1. The molecule has 0 spiro atoms. The molecule has 3 aliphatic carbocycles. The average molecular weight is 359 g/mol. The lowest BCUT2D eigenvalue weighted by molar-refractivity contribution is -0.157. The molecule has 136 valence electrons. The first-order chi connectivity index (χ1) is 11.6. The number of carbonyl (C=O) groups is 1. The van der Waals surface area contributed by atoms with E-state index in [0.717, 1.165) is 31.4 Å². The SMILES string of the molecule is CC12CCC3c4ccc(O[Si](C)(C)C)cc4CCC3C1(O)CCC2=O. The Morgan fingerprint density at radius 3 is 2.64 bits per heavy atom. The monoisotopic (exact) mass is 358 g/mol. The van der Waals surface area contributed by atoms with Crippen LogP contribution < -0.4 is 4.43 Å². The molecule has 3 aliphatic rings. The zero-order chi connectivity index (χ0) is 18.0. The van der Waals surface area contributed by atoms with Crippen molar-refractivity contribution in [2.45, 2.75) is 76.6 Å². The Balaban J connectivity index is 1.67. The number of Topliss-reactive ketones (excluding diaryl/α,β-unsaturated/α-hetero) is 1. The van der Waals surface area contributed by atoms with E-state index in [9.17, 15) is 9.90 Å². The van der Waals surface area contributed by atoms with E-state index < -0.39 is 19.3 Å². The van der Waals surface area contributed by atoms with Crippen molar-refractivity contribution in [2.75, 3.05) is 0 Å². The van der Waals surface area contributed by atoms with Gasteiger partial charge in [0.15, 0.2) is 0 Å². The average Bonchev–Trinajstić information content (AvgIpc) is 2.77. The summed E-state index contributed by atoms with van der Waals surface area (Å²) in [4.78, 5) is 12.5. The van der Waals surface area contributed by atoms with Crippen LogP contribution in [0.4, 0.5) is 0 Å². The first-order valence-electron chi connectivity index (χ1n) is 9.72. The Hall–Kier alpha value is -1.13. The highest BCUT2D eigenvalue weighted by atomic mass is 28.4. The molecule has 4 atom stereocenters. The molecule has 0 bridgehead atoms. The van der Waals surface area contributed by atoms with Crippen LogP contribution in [0.1, 0.15) is 56.1 Å². The Bertz CT molecular complexity index is 722. The van der Waals surface area contributed by atoms with Crippen molar-refractivity contribution in [1.82, 2.24) is 0 Å². The molecule has 0 radical (unpaired) electrons. The normalized spacial score (nSPS) is 37.2. The smallest absolute Gasteiger partial charge is 0.242 e. The molecule has 2 fully saturated rings. The zero-order valence-electron chi connectivity index (χ0n) is 15.9. The lowest BCUT2D eigenvalue weighted by Gasteiger charge is -2.53. The third kappa shape index (κ3) is 2.52. The van der Waals surface area contributed by atoms with Gasteiger partial charge in [0.1, 0.15) is 11.5 Å². The summed E-state index contributed by atoms with van der Waals surface area (Å²) < 4.78 is 6.17. The van der Waals surface area contributed by atoms with Crippen LogP contribution in [0, 0.1) is 11.3 Å². The van der Waals surface area contributed by atoms with Crippen molar-refractivity contribution in [2.24, 2.45) is 11.3 Å². The van der Waals surface area contributed by atoms with Gasteiger partial charge in [-0.2, -0.15) is 0 Å². The van der Waals surface area contributed by atoms with E-state index >= 15 is 0 Å². The number of fused-ring (bicyclic) bond motifs is 5. The molecule has 0 saturated heterocycles. The number of hydrogen-bond acceptors (Lipinski definition) is 3. The van der Waals surface area contributed by atoms with Gasteiger partial charge in [0.25, 0.3) is 0 Å². The van der Waals surface area contributed by atoms with Crippen LogP contribution in [0.15, 0.2) is 18.2 Å². The van der Waals surface area contributed by atoms with Crippen molar-refractivity contribution in [1.29, 1.82) is 0 Å². The number of benzene rings is 1. The van der Waals surface area contributed by atoms with Gasteiger partial charge in [-0.05, 0) is 93.8 Å². The Morgan fingerprint density at radius 1 is 1.16 bits per heavy atom. The van der Waals surface area contributed by atoms with E-state index in [4.69, 9.17) is 4.43 Å². The summed E-state index contributed by atoms with van der Waals surface area (Å²) in [5, 5.41) is 11.5. The van der Waals surface area contributed by atoms with Crippen LogP contribution in [0.2, 0.25) is 19.6 Å². The maximum Gasteiger partial charge on any atom is 0.242 e. The molecule has 1 aromatic carbocycles. The lowest BCUT2D eigenvalue weighted by atomic mass is 9.53. The molecular weight excluding hydrogens is 328 g/mol. The molecule has 1 N–H and O–H groups in total. The molecule has 2 saturated carbocycles. The quantitative estimate of drug-likeness (QED) is 0.795. The van der Waals surface area contributed by atoms with Gasteiger partial charge < -0.3 is 9.53 Å². The molecule has 4 unspecified atom stereocenters. The van der Waals surface area contributed by atoms with E-state index in [2.05, 4.69) is 37.8 Å². The molecule has 0 aromatic heterocycles. The van der Waals surface area contributed by atoms with Crippen molar-refractivity contribution in [3.8, 4) is 5.75 Å². The zero-order valence-corrected chi connectivity index (χ0v) is 16.9. The minimum absolute atomic E-state index is 0.217. The maximum absolute atomic E-state index is 12.5. The largest absolute Gasteiger partial charge is 0.544 e. The van der Waals surface area contributed by atoms with Crippen LogP contribution in [-0.2, 0) is 11.2 Å². The fourth-order valence-corrected chi connectivity index (χ4v) is 6.56. The predicted octanol–water partition coefficient (Wildman–Crippen LogP) is 4.44. The highest BCUT2D eigenvalue weighted by Crippen LogP contribution is 2.61. The summed E-state index contributed by atoms with van der Waals surface area (Å²) in [6.07, 6.45) is 4.98. The van der Waals surface area contributed by atoms with Crippen LogP contribution >= 0.6 is 0 Å². The van der Waals surface area contributed by atoms with Gasteiger partial charge in [0, 0.05) is 6.42 Å². The first kappa shape index (κ1) is 17.3. The predicted molar refractivity (Wildman–Crippen MR) is 101 cm³/mol. The van der Waals surface area contributed by atoms with Gasteiger partial charge in [0.2, 0.25) is 8.32 Å². The molecule has 4 heteroatoms. The Morgan fingerprint density at radius 2 is 1.92 bits per heavy atom. The second-order valence-electron chi connectivity index (χ2n) is 9.54. The van der Waals surface area contributed by atoms with Crippen LogP contribution in [-0.4, -0.2) is 24.8 Å². The van der Waals surface area contributed by atoms with E-state index in [1.165, 1.54) is 11.1 Å². The molecule has 3 nitrogen and oxygen atoms in total. The Labute approximate surface area is 151 Å². The molecule has 25 heavy (non-hydrogen) atoms. The third-order valence-electron chi connectivity index (χ3n) is 7.02. The highest BCUT2D eigenvalue weighted by Gasteiger charge is 2.64. The molecule has 0 aliphatic heterocycles. The topological polar surface area (TPSA) is 46.5 Å².